The minimum absolute atomic E-state index is 0.100. The zero-order chi connectivity index (χ0) is 24.2. The summed E-state index contributed by atoms with van der Waals surface area (Å²) in [5, 5.41) is 2.86. The molecule has 7 heteroatoms. The van der Waals surface area contributed by atoms with Crippen LogP contribution in [0.1, 0.15) is 78.3 Å². The third-order valence-electron chi connectivity index (χ3n) is 6.14. The summed E-state index contributed by atoms with van der Waals surface area (Å²) in [7, 11) is 0. The molecule has 1 aromatic rings. The van der Waals surface area contributed by atoms with Crippen LogP contribution in [0.2, 0.25) is 0 Å². The molecule has 1 aliphatic carbocycles. The molecule has 33 heavy (non-hydrogen) atoms. The minimum atomic E-state index is -1.23. The molecule has 1 saturated heterocycles. The third kappa shape index (κ3) is 6.42. The fourth-order valence-electron chi connectivity index (χ4n) is 4.57. The molecule has 3 rings (SSSR count). The van der Waals surface area contributed by atoms with E-state index in [0.29, 0.717) is 18.5 Å². The van der Waals surface area contributed by atoms with Crippen molar-refractivity contribution in [1.82, 2.24) is 15.2 Å². The first-order valence-electron chi connectivity index (χ1n) is 11.7. The van der Waals surface area contributed by atoms with Crippen LogP contribution in [0, 0.1) is 0 Å². The van der Waals surface area contributed by atoms with E-state index in [1.807, 2.05) is 23.1 Å². The van der Waals surface area contributed by atoms with E-state index in [9.17, 15) is 14.0 Å². The Morgan fingerprint density at radius 3 is 2.64 bits per heavy atom. The lowest BCUT2D eigenvalue weighted by molar-refractivity contribution is -0.141. The highest BCUT2D eigenvalue weighted by Crippen LogP contribution is 2.35. The van der Waals surface area contributed by atoms with Gasteiger partial charge in [-0.05, 0) is 77.5 Å². The zero-order valence-electron chi connectivity index (χ0n) is 20.4. The van der Waals surface area contributed by atoms with E-state index >= 15 is 0 Å². The molecule has 6 nitrogen and oxygen atoms in total. The second-order valence-corrected chi connectivity index (χ2v) is 10.3. The summed E-state index contributed by atoms with van der Waals surface area (Å²) < 4.78 is 19.3. The number of hydrogen-bond donors (Lipinski definition) is 1. The number of nitrogens with one attached hydrogen (secondary N) is 1. The van der Waals surface area contributed by atoms with Crippen LogP contribution in [0.5, 0.6) is 0 Å². The van der Waals surface area contributed by atoms with Crippen LogP contribution in [-0.2, 0) is 9.53 Å². The summed E-state index contributed by atoms with van der Waals surface area (Å²) in [5.74, 6) is -0.162. The van der Waals surface area contributed by atoms with Gasteiger partial charge in [-0.15, -0.1) is 0 Å². The molecule has 3 atom stereocenters. The second-order valence-electron chi connectivity index (χ2n) is 10.3. The van der Waals surface area contributed by atoms with Crippen molar-refractivity contribution in [3.8, 4) is 0 Å². The Kier molecular flexibility index (Phi) is 7.60. The van der Waals surface area contributed by atoms with E-state index in [-0.39, 0.29) is 18.4 Å². The first kappa shape index (κ1) is 24.9. The standard InChI is InChI=1S/C26H36FN3O3/c1-18(27)20-12-11-19(15-20)16-26(5,29-24(32)33-25(2,3)4)23(31)30-14-7-6-10-22(30)21-9-8-13-28-17-21/h8-9,11-13,17-18,22H,6-7,10,14-16H2,1-5H3,(H,29,32)/t18-,22-,26-/m1/s1. The van der Waals surface area contributed by atoms with Gasteiger partial charge < -0.3 is 15.0 Å². The van der Waals surface area contributed by atoms with Crippen LogP contribution in [0.4, 0.5) is 9.18 Å². The van der Waals surface area contributed by atoms with Crippen molar-refractivity contribution >= 4 is 12.0 Å². The number of nitrogens with zero attached hydrogens (tertiary/aromatic N) is 2. The van der Waals surface area contributed by atoms with E-state index in [0.717, 1.165) is 30.4 Å². The number of likely N-dealkylation sites (tertiary alicyclic amines) is 1. The number of alkyl halides is 1. The molecule has 1 aliphatic heterocycles. The molecular formula is C26H36FN3O3. The predicted octanol–water partition coefficient (Wildman–Crippen LogP) is 5.42. The number of carbonyl (C=O) groups excluding carboxylic acids is 2. The lowest BCUT2D eigenvalue weighted by atomic mass is 9.87. The summed E-state index contributed by atoms with van der Waals surface area (Å²) >= 11 is 0. The van der Waals surface area contributed by atoms with Gasteiger partial charge in [-0.2, -0.15) is 0 Å². The van der Waals surface area contributed by atoms with Gasteiger partial charge in [0.1, 0.15) is 17.3 Å². The number of halogens is 1. The Hall–Kier alpha value is -2.70. The van der Waals surface area contributed by atoms with Crippen LogP contribution in [0.3, 0.4) is 0 Å². The number of piperidine rings is 1. The van der Waals surface area contributed by atoms with Crippen molar-refractivity contribution in [2.24, 2.45) is 0 Å². The topological polar surface area (TPSA) is 71.5 Å². The molecule has 0 bridgehead atoms. The number of allylic oxidation sites excluding steroid dienone is 3. The van der Waals surface area contributed by atoms with E-state index in [1.54, 1.807) is 46.2 Å². The van der Waals surface area contributed by atoms with Gasteiger partial charge in [-0.3, -0.25) is 9.78 Å². The van der Waals surface area contributed by atoms with Gasteiger partial charge in [0.25, 0.3) is 0 Å². The van der Waals surface area contributed by atoms with Gasteiger partial charge in [0.15, 0.2) is 0 Å². The molecule has 1 N–H and O–H groups in total. The molecule has 0 aromatic carbocycles. The monoisotopic (exact) mass is 457 g/mol. The highest BCUT2D eigenvalue weighted by Gasteiger charge is 2.43. The lowest BCUT2D eigenvalue weighted by Gasteiger charge is -2.42. The van der Waals surface area contributed by atoms with Crippen molar-refractivity contribution in [3.63, 3.8) is 0 Å². The van der Waals surface area contributed by atoms with E-state index in [1.165, 1.54) is 6.92 Å². The normalized spacial score (nSPS) is 21.5. The Labute approximate surface area is 196 Å². The van der Waals surface area contributed by atoms with E-state index in [4.69, 9.17) is 4.74 Å². The molecule has 2 aliphatic rings. The smallest absolute Gasteiger partial charge is 0.408 e. The number of ether oxygens (including phenoxy) is 1. The number of alkyl carbamates (subject to hydrolysis) is 1. The van der Waals surface area contributed by atoms with Crippen molar-refractivity contribution < 1.29 is 18.7 Å². The third-order valence-corrected chi connectivity index (χ3v) is 6.14. The Morgan fingerprint density at radius 1 is 1.27 bits per heavy atom. The first-order chi connectivity index (χ1) is 15.5. The summed E-state index contributed by atoms with van der Waals surface area (Å²) in [6.45, 7) is 9.21. The SMILES string of the molecule is C[C@@H](F)C1=CC=C(C[C@@](C)(NC(=O)OC(C)(C)C)C(=O)N2CCCC[C@@H]2c2cccnc2)C1. The fourth-order valence-corrected chi connectivity index (χ4v) is 4.57. The van der Waals surface area contributed by atoms with Crippen molar-refractivity contribution in [1.29, 1.82) is 0 Å². The largest absolute Gasteiger partial charge is 0.444 e. The van der Waals surface area contributed by atoms with E-state index < -0.39 is 23.4 Å². The van der Waals surface area contributed by atoms with Gasteiger partial charge in [-0.25, -0.2) is 9.18 Å². The van der Waals surface area contributed by atoms with Gasteiger partial charge in [0.2, 0.25) is 5.91 Å². The maximum atomic E-state index is 14.0. The van der Waals surface area contributed by atoms with Gasteiger partial charge in [0.05, 0.1) is 6.04 Å². The Bertz CT molecular complexity index is 920. The molecule has 0 saturated carbocycles. The minimum Gasteiger partial charge on any atom is -0.444 e. The number of amides is 2. The Morgan fingerprint density at radius 2 is 2.03 bits per heavy atom. The summed E-state index contributed by atoms with van der Waals surface area (Å²) in [4.78, 5) is 32.9. The summed E-state index contributed by atoms with van der Waals surface area (Å²) in [5.41, 5.74) is 0.664. The van der Waals surface area contributed by atoms with Gasteiger partial charge in [-0.1, -0.05) is 23.8 Å². The van der Waals surface area contributed by atoms with Crippen molar-refractivity contribution in [3.05, 3.63) is 53.4 Å². The van der Waals surface area contributed by atoms with E-state index in [2.05, 4.69) is 10.3 Å². The number of rotatable bonds is 6. The highest BCUT2D eigenvalue weighted by atomic mass is 19.1. The molecule has 180 valence electrons. The molecular weight excluding hydrogens is 421 g/mol. The summed E-state index contributed by atoms with van der Waals surface area (Å²) in [6.07, 6.45) is 8.98. The quantitative estimate of drug-likeness (QED) is 0.619. The molecule has 0 spiro atoms. The van der Waals surface area contributed by atoms with Crippen LogP contribution in [0.15, 0.2) is 47.8 Å². The maximum Gasteiger partial charge on any atom is 0.408 e. The van der Waals surface area contributed by atoms with Crippen LogP contribution >= 0.6 is 0 Å². The average molecular weight is 458 g/mol. The van der Waals surface area contributed by atoms with Gasteiger partial charge in [0, 0.05) is 25.4 Å². The summed E-state index contributed by atoms with van der Waals surface area (Å²) in [6, 6.07) is 3.76. The lowest BCUT2D eigenvalue weighted by Crippen LogP contribution is -2.59. The second kappa shape index (κ2) is 10.1. The van der Waals surface area contributed by atoms with Crippen molar-refractivity contribution in [2.45, 2.75) is 90.1 Å². The van der Waals surface area contributed by atoms with Crippen LogP contribution in [-0.4, -0.2) is 45.7 Å². The molecule has 2 heterocycles. The molecule has 1 fully saturated rings. The maximum absolute atomic E-state index is 14.0. The zero-order valence-corrected chi connectivity index (χ0v) is 20.4. The van der Waals surface area contributed by atoms with Gasteiger partial charge >= 0.3 is 6.09 Å². The number of carbonyl (C=O) groups is 2. The number of hydrogen-bond acceptors (Lipinski definition) is 4. The molecule has 0 radical (unpaired) electrons. The highest BCUT2D eigenvalue weighted by molar-refractivity contribution is 5.90. The first-order valence-corrected chi connectivity index (χ1v) is 11.7. The van der Waals surface area contributed by atoms with Crippen LogP contribution < -0.4 is 5.32 Å². The van der Waals surface area contributed by atoms with Crippen molar-refractivity contribution in [2.75, 3.05) is 6.54 Å². The molecule has 1 aromatic heterocycles. The predicted molar refractivity (Wildman–Crippen MR) is 126 cm³/mol. The molecule has 2 amide bonds. The fraction of sp³-hybridized carbons (Fsp3) is 0.577. The van der Waals surface area contributed by atoms with Crippen LogP contribution in [0.25, 0.3) is 0 Å². The molecule has 0 unspecified atom stereocenters. The number of aromatic nitrogens is 1. The number of pyridine rings is 1. The Balaban J connectivity index is 1.87. The average Bonchev–Trinajstić information content (AvgIpc) is 3.21.